The van der Waals surface area contributed by atoms with Crippen molar-refractivity contribution in [1.29, 1.82) is 0 Å². The molecule has 21 heavy (non-hydrogen) atoms. The molecular weight excluding hydrogens is 316 g/mol. The zero-order valence-corrected chi connectivity index (χ0v) is 12.6. The van der Waals surface area contributed by atoms with Crippen molar-refractivity contribution < 1.29 is 17.2 Å². The van der Waals surface area contributed by atoms with Gasteiger partial charge in [0.2, 0.25) is 10.0 Å². The van der Waals surface area contributed by atoms with E-state index in [4.69, 9.17) is 0 Å². The maximum Gasteiger partial charge on any atom is 0.241 e. The summed E-state index contributed by atoms with van der Waals surface area (Å²) in [6.45, 7) is 0. The zero-order chi connectivity index (χ0) is 15.0. The minimum atomic E-state index is -3.88. The van der Waals surface area contributed by atoms with E-state index in [1.54, 1.807) is 0 Å². The monoisotopic (exact) mass is 329 g/mol. The summed E-state index contributed by atoms with van der Waals surface area (Å²) in [5.74, 6) is -1.97. The van der Waals surface area contributed by atoms with Gasteiger partial charge in [-0.2, -0.15) is 0 Å². The topological polar surface area (TPSA) is 46.2 Å². The lowest BCUT2D eigenvalue weighted by atomic mass is 10.2. The Balaban J connectivity index is 1.89. The predicted octanol–water partition coefficient (Wildman–Crippen LogP) is 3.46. The molecule has 0 unspecified atom stereocenters. The van der Waals surface area contributed by atoms with Crippen LogP contribution in [-0.2, 0) is 10.0 Å². The van der Waals surface area contributed by atoms with Crippen LogP contribution in [0.2, 0.25) is 0 Å². The van der Waals surface area contributed by atoms with E-state index in [2.05, 4.69) is 4.72 Å². The lowest BCUT2D eigenvalue weighted by Crippen LogP contribution is -2.29. The molecule has 0 bridgehead atoms. The van der Waals surface area contributed by atoms with Crippen LogP contribution in [-0.4, -0.2) is 8.42 Å². The van der Waals surface area contributed by atoms with Crippen molar-refractivity contribution in [3.05, 3.63) is 52.2 Å². The van der Waals surface area contributed by atoms with Crippen LogP contribution in [0.3, 0.4) is 0 Å². The Morgan fingerprint density at radius 2 is 1.95 bits per heavy atom. The largest absolute Gasteiger partial charge is 0.241 e. The third-order valence-electron chi connectivity index (χ3n) is 3.43. The Labute approximate surface area is 125 Å². The number of hydrogen-bond donors (Lipinski definition) is 1. The average molecular weight is 329 g/mol. The van der Waals surface area contributed by atoms with Crippen molar-refractivity contribution in [2.45, 2.75) is 23.8 Å². The highest BCUT2D eigenvalue weighted by Crippen LogP contribution is 2.43. The first-order valence-electron chi connectivity index (χ1n) is 6.48. The first-order chi connectivity index (χ1) is 9.97. The highest BCUT2D eigenvalue weighted by atomic mass is 32.2. The molecule has 1 saturated carbocycles. The molecule has 0 radical (unpaired) electrons. The van der Waals surface area contributed by atoms with Gasteiger partial charge in [-0.05, 0) is 48.4 Å². The molecule has 0 aliphatic heterocycles. The second-order valence-corrected chi connectivity index (χ2v) is 7.72. The molecule has 0 saturated heterocycles. The Hall–Kier alpha value is -1.31. The summed E-state index contributed by atoms with van der Waals surface area (Å²) in [6, 6.07) is 6.03. The summed E-state index contributed by atoms with van der Waals surface area (Å²) in [7, 11) is -3.88. The van der Waals surface area contributed by atoms with E-state index in [0.717, 1.165) is 29.9 Å². The van der Waals surface area contributed by atoms with Crippen molar-refractivity contribution in [3.63, 3.8) is 0 Å². The maximum absolute atomic E-state index is 13.2. The van der Waals surface area contributed by atoms with E-state index >= 15 is 0 Å². The van der Waals surface area contributed by atoms with Crippen molar-refractivity contribution >= 4 is 21.4 Å². The smallest absolute Gasteiger partial charge is 0.207 e. The molecule has 1 aromatic carbocycles. The Kier molecular flexibility index (Phi) is 3.81. The van der Waals surface area contributed by atoms with Gasteiger partial charge in [0.05, 0.1) is 10.9 Å². The fraction of sp³-hybridized carbons (Fsp3) is 0.286. The molecule has 0 amide bonds. The summed E-state index contributed by atoms with van der Waals surface area (Å²) in [5.41, 5.74) is 0. The molecule has 1 heterocycles. The van der Waals surface area contributed by atoms with Gasteiger partial charge in [0.1, 0.15) is 0 Å². The van der Waals surface area contributed by atoms with Gasteiger partial charge in [0.15, 0.2) is 11.6 Å². The number of thiophene rings is 1. The van der Waals surface area contributed by atoms with E-state index in [0.29, 0.717) is 6.07 Å². The van der Waals surface area contributed by atoms with E-state index in [1.807, 2.05) is 17.5 Å². The molecule has 2 aromatic rings. The van der Waals surface area contributed by atoms with Gasteiger partial charge >= 0.3 is 0 Å². The van der Waals surface area contributed by atoms with Crippen LogP contribution >= 0.6 is 11.3 Å². The number of nitrogens with one attached hydrogen (secondary N) is 1. The molecule has 112 valence electrons. The summed E-state index contributed by atoms with van der Waals surface area (Å²) >= 11 is 1.48. The van der Waals surface area contributed by atoms with Crippen LogP contribution in [0.15, 0.2) is 40.6 Å². The Morgan fingerprint density at radius 1 is 1.19 bits per heavy atom. The van der Waals surface area contributed by atoms with Gasteiger partial charge < -0.3 is 0 Å². The molecule has 1 aromatic heterocycles. The predicted molar refractivity (Wildman–Crippen MR) is 76.5 cm³/mol. The molecular formula is C14H13F2NO2S2. The fourth-order valence-electron chi connectivity index (χ4n) is 2.16. The number of hydrogen-bond acceptors (Lipinski definition) is 3. The molecule has 1 N–H and O–H groups in total. The van der Waals surface area contributed by atoms with E-state index in [-0.39, 0.29) is 16.9 Å². The molecule has 1 aliphatic carbocycles. The van der Waals surface area contributed by atoms with E-state index in [9.17, 15) is 17.2 Å². The summed E-state index contributed by atoms with van der Waals surface area (Å²) < 4.78 is 53.4. The average Bonchev–Trinajstić information content (AvgIpc) is 3.13. The van der Waals surface area contributed by atoms with E-state index < -0.39 is 21.7 Å². The quantitative estimate of drug-likeness (QED) is 0.913. The summed E-state index contributed by atoms with van der Waals surface area (Å²) in [5, 5.41) is 1.89. The molecule has 7 heteroatoms. The number of sulfonamides is 1. The van der Waals surface area contributed by atoms with Gasteiger partial charge in [0, 0.05) is 4.88 Å². The zero-order valence-electron chi connectivity index (χ0n) is 10.9. The lowest BCUT2D eigenvalue weighted by Gasteiger charge is -2.17. The number of rotatable bonds is 5. The van der Waals surface area contributed by atoms with Gasteiger partial charge in [-0.25, -0.2) is 21.9 Å². The minimum Gasteiger partial charge on any atom is -0.207 e. The molecule has 3 rings (SSSR count). The van der Waals surface area contributed by atoms with Crippen LogP contribution in [0, 0.1) is 17.6 Å². The fourth-order valence-corrected chi connectivity index (χ4v) is 4.40. The van der Waals surface area contributed by atoms with Crippen LogP contribution in [0.4, 0.5) is 8.78 Å². The molecule has 0 spiro atoms. The van der Waals surface area contributed by atoms with Crippen LogP contribution in [0.25, 0.3) is 0 Å². The van der Waals surface area contributed by atoms with Crippen molar-refractivity contribution in [2.24, 2.45) is 5.92 Å². The third kappa shape index (κ3) is 3.14. The second-order valence-electron chi connectivity index (χ2n) is 5.03. The van der Waals surface area contributed by atoms with Gasteiger partial charge in [-0.3, -0.25) is 0 Å². The van der Waals surface area contributed by atoms with Crippen molar-refractivity contribution in [2.75, 3.05) is 0 Å². The minimum absolute atomic E-state index is 0.261. The normalized spacial score (nSPS) is 16.9. The first kappa shape index (κ1) is 14.6. The first-order valence-corrected chi connectivity index (χ1v) is 8.84. The van der Waals surface area contributed by atoms with Crippen molar-refractivity contribution in [1.82, 2.24) is 4.72 Å². The van der Waals surface area contributed by atoms with Crippen molar-refractivity contribution in [3.8, 4) is 0 Å². The third-order valence-corrected chi connectivity index (χ3v) is 5.82. The Morgan fingerprint density at radius 3 is 2.52 bits per heavy atom. The van der Waals surface area contributed by atoms with Crippen LogP contribution in [0.1, 0.15) is 23.8 Å². The summed E-state index contributed by atoms with van der Waals surface area (Å²) in [6.07, 6.45) is 1.92. The standard InChI is InChI=1S/C14H13F2NO2S2/c15-11-6-5-10(8-12(11)16)21(18,19)17-14(9-3-4-9)13-2-1-7-20-13/h1-2,5-9,14,17H,3-4H2/t14-/m1/s1. The highest BCUT2D eigenvalue weighted by molar-refractivity contribution is 7.89. The molecule has 3 nitrogen and oxygen atoms in total. The van der Waals surface area contributed by atoms with Crippen LogP contribution in [0.5, 0.6) is 0 Å². The molecule has 1 aliphatic rings. The maximum atomic E-state index is 13.2. The number of benzene rings is 1. The SMILES string of the molecule is O=S(=O)(N[C@@H](c1cccs1)C1CC1)c1ccc(F)c(F)c1. The summed E-state index contributed by atoms with van der Waals surface area (Å²) in [4.78, 5) is 0.673. The lowest BCUT2D eigenvalue weighted by molar-refractivity contribution is 0.502. The van der Waals surface area contributed by atoms with Crippen LogP contribution < -0.4 is 4.72 Å². The van der Waals surface area contributed by atoms with Gasteiger partial charge in [-0.15, -0.1) is 11.3 Å². The van der Waals surface area contributed by atoms with E-state index in [1.165, 1.54) is 11.3 Å². The molecule has 1 atom stereocenters. The van der Waals surface area contributed by atoms with Gasteiger partial charge in [0.25, 0.3) is 0 Å². The Bertz CT molecular complexity index is 740. The van der Waals surface area contributed by atoms with Gasteiger partial charge in [-0.1, -0.05) is 6.07 Å². The second kappa shape index (κ2) is 5.47. The molecule has 1 fully saturated rings. The number of halogens is 2. The highest BCUT2D eigenvalue weighted by Gasteiger charge is 2.36.